The lowest BCUT2D eigenvalue weighted by atomic mass is 9.92. The van der Waals surface area contributed by atoms with Gasteiger partial charge in [0.15, 0.2) is 0 Å². The zero-order chi connectivity index (χ0) is 26.9. The van der Waals surface area contributed by atoms with Gasteiger partial charge in [0.1, 0.15) is 29.6 Å². The molecular formula is C31H31FN4O3. The van der Waals surface area contributed by atoms with Crippen molar-refractivity contribution in [2.75, 3.05) is 20.2 Å². The number of methoxy groups -OCH3 is 1. The van der Waals surface area contributed by atoms with Crippen LogP contribution in [-0.2, 0) is 13.1 Å². The Labute approximate surface area is 226 Å². The molecule has 1 unspecified atom stereocenters. The van der Waals surface area contributed by atoms with Gasteiger partial charge in [-0.3, -0.25) is 19.6 Å². The highest BCUT2D eigenvalue weighted by molar-refractivity contribution is 6.01. The van der Waals surface area contributed by atoms with Crippen molar-refractivity contribution in [3.8, 4) is 22.6 Å². The number of Topliss-reactive ketones (excluding diaryl/α,β-unsaturated/α-hetero) is 1. The molecule has 4 aromatic rings. The third-order valence-electron chi connectivity index (χ3n) is 7.75. The fourth-order valence-corrected chi connectivity index (χ4v) is 5.58. The summed E-state index contributed by atoms with van der Waals surface area (Å²) in [4.78, 5) is 20.4. The van der Waals surface area contributed by atoms with Crippen LogP contribution in [0.2, 0.25) is 0 Å². The van der Waals surface area contributed by atoms with Gasteiger partial charge in [-0.2, -0.15) is 0 Å². The number of benzene rings is 3. The maximum absolute atomic E-state index is 15.7. The number of likely N-dealkylation sites (tertiary alicyclic amines) is 1. The third kappa shape index (κ3) is 4.98. The number of aliphatic hydroxyl groups is 1. The number of hydrogen-bond donors (Lipinski definition) is 2. The molecule has 2 aliphatic heterocycles. The highest BCUT2D eigenvalue weighted by Crippen LogP contribution is 2.33. The molecule has 0 spiro atoms. The second-order valence-electron chi connectivity index (χ2n) is 10.2. The molecule has 39 heavy (non-hydrogen) atoms. The van der Waals surface area contributed by atoms with Crippen LogP contribution in [0.25, 0.3) is 16.8 Å². The highest BCUT2D eigenvalue weighted by Gasteiger charge is 2.34. The molecule has 1 aromatic heterocycles. The molecule has 0 saturated carbocycles. The molecule has 0 aliphatic carbocycles. The highest BCUT2D eigenvalue weighted by atomic mass is 19.1. The summed E-state index contributed by atoms with van der Waals surface area (Å²) in [6.45, 7) is 2.79. The van der Waals surface area contributed by atoms with E-state index in [1.54, 1.807) is 24.1 Å². The predicted molar refractivity (Wildman–Crippen MR) is 146 cm³/mol. The van der Waals surface area contributed by atoms with Crippen LogP contribution >= 0.6 is 0 Å². The summed E-state index contributed by atoms with van der Waals surface area (Å²) in [5, 5.41) is 13.0. The van der Waals surface area contributed by atoms with Crippen LogP contribution in [0.15, 0.2) is 73.1 Å². The summed E-state index contributed by atoms with van der Waals surface area (Å²) < 4.78 is 22.7. The van der Waals surface area contributed by atoms with Gasteiger partial charge in [-0.05, 0) is 59.9 Å². The van der Waals surface area contributed by atoms with Crippen LogP contribution in [0.5, 0.6) is 5.75 Å². The van der Waals surface area contributed by atoms with E-state index in [-0.39, 0.29) is 11.9 Å². The van der Waals surface area contributed by atoms with Crippen molar-refractivity contribution in [3.63, 3.8) is 0 Å². The maximum Gasteiger partial charge on any atom is 0.203 e. The van der Waals surface area contributed by atoms with Gasteiger partial charge in [0.05, 0.1) is 18.9 Å². The zero-order valence-corrected chi connectivity index (χ0v) is 21.8. The van der Waals surface area contributed by atoms with E-state index in [4.69, 9.17) is 4.74 Å². The Morgan fingerprint density at radius 3 is 2.59 bits per heavy atom. The number of piperidine rings is 1. The molecule has 1 atom stereocenters. The quantitative estimate of drug-likeness (QED) is 0.380. The molecule has 200 valence electrons. The minimum absolute atomic E-state index is 0.219. The number of nitrogens with zero attached hydrogens (tertiary/aromatic N) is 3. The largest absolute Gasteiger partial charge is 0.497 e. The SMILES string of the molecule is COc1ccc(-n2cnc3c2C(=O)C(c2ccc(-c4ccccc4CN4CCC(O)CC4)cc2F)NC3)cc1. The number of imidazole rings is 1. The van der Waals surface area contributed by atoms with Crippen molar-refractivity contribution in [2.45, 2.75) is 38.1 Å². The summed E-state index contributed by atoms with van der Waals surface area (Å²) in [5.41, 5.74) is 5.06. The van der Waals surface area contributed by atoms with E-state index < -0.39 is 11.9 Å². The van der Waals surface area contributed by atoms with Crippen molar-refractivity contribution < 1.29 is 19.0 Å². The normalized spacial score (nSPS) is 18.2. The Morgan fingerprint density at radius 2 is 1.85 bits per heavy atom. The number of halogens is 1. The summed E-state index contributed by atoms with van der Waals surface area (Å²) in [6.07, 6.45) is 2.95. The molecule has 0 amide bonds. The van der Waals surface area contributed by atoms with Gasteiger partial charge in [-0.1, -0.05) is 36.4 Å². The van der Waals surface area contributed by atoms with Crippen molar-refractivity contribution in [3.05, 3.63) is 101 Å². The molecule has 7 nitrogen and oxygen atoms in total. The number of ether oxygens (including phenoxy) is 1. The smallest absolute Gasteiger partial charge is 0.203 e. The zero-order valence-electron chi connectivity index (χ0n) is 21.8. The second kappa shape index (κ2) is 10.7. The van der Waals surface area contributed by atoms with Crippen LogP contribution in [-0.4, -0.2) is 51.6 Å². The Kier molecular flexibility index (Phi) is 6.99. The molecule has 1 saturated heterocycles. The molecule has 0 bridgehead atoms. The summed E-state index contributed by atoms with van der Waals surface area (Å²) in [5.74, 6) is 0.0779. The van der Waals surface area contributed by atoms with E-state index in [9.17, 15) is 9.90 Å². The first-order valence-corrected chi connectivity index (χ1v) is 13.3. The first-order chi connectivity index (χ1) is 19.0. The number of aliphatic hydroxyl groups excluding tert-OH is 1. The Balaban J connectivity index is 1.27. The lowest BCUT2D eigenvalue weighted by Gasteiger charge is -2.30. The van der Waals surface area contributed by atoms with Crippen LogP contribution in [0.1, 0.15) is 46.2 Å². The van der Waals surface area contributed by atoms with E-state index in [0.717, 1.165) is 60.6 Å². The second-order valence-corrected chi connectivity index (χ2v) is 10.2. The number of carbonyl (C=O) groups is 1. The number of ketones is 1. The number of nitrogens with one attached hydrogen (secondary N) is 1. The molecular weight excluding hydrogens is 495 g/mol. The van der Waals surface area contributed by atoms with Gasteiger partial charge in [-0.25, -0.2) is 9.37 Å². The fraction of sp³-hybridized carbons (Fsp3) is 0.290. The molecule has 3 aromatic carbocycles. The topological polar surface area (TPSA) is 79.6 Å². The molecule has 2 N–H and O–H groups in total. The van der Waals surface area contributed by atoms with Crippen LogP contribution in [0.3, 0.4) is 0 Å². The lowest BCUT2D eigenvalue weighted by Crippen LogP contribution is -2.36. The Hall–Kier alpha value is -3.85. The van der Waals surface area contributed by atoms with E-state index in [1.807, 2.05) is 48.5 Å². The van der Waals surface area contributed by atoms with E-state index in [0.29, 0.717) is 23.5 Å². The summed E-state index contributed by atoms with van der Waals surface area (Å²) >= 11 is 0. The number of carbonyl (C=O) groups excluding carboxylic acids is 1. The van der Waals surface area contributed by atoms with E-state index >= 15 is 4.39 Å². The fourth-order valence-electron chi connectivity index (χ4n) is 5.58. The molecule has 1 fully saturated rings. The van der Waals surface area contributed by atoms with Crippen molar-refractivity contribution >= 4 is 5.78 Å². The lowest BCUT2D eigenvalue weighted by molar-refractivity contribution is 0.0793. The van der Waals surface area contributed by atoms with Crippen LogP contribution in [0, 0.1) is 5.82 Å². The van der Waals surface area contributed by atoms with Gasteiger partial charge in [0.25, 0.3) is 0 Å². The van der Waals surface area contributed by atoms with Gasteiger partial charge >= 0.3 is 0 Å². The molecule has 2 aliphatic rings. The van der Waals surface area contributed by atoms with Crippen molar-refractivity contribution in [1.82, 2.24) is 19.8 Å². The van der Waals surface area contributed by atoms with Gasteiger partial charge < -0.3 is 9.84 Å². The molecule has 0 radical (unpaired) electrons. The first kappa shape index (κ1) is 25.4. The Morgan fingerprint density at radius 1 is 1.08 bits per heavy atom. The van der Waals surface area contributed by atoms with Gasteiger partial charge in [-0.15, -0.1) is 0 Å². The number of hydrogen-bond acceptors (Lipinski definition) is 6. The monoisotopic (exact) mass is 526 g/mol. The number of aromatic nitrogens is 2. The molecule has 8 heteroatoms. The van der Waals surface area contributed by atoms with Gasteiger partial charge in [0, 0.05) is 37.4 Å². The third-order valence-corrected chi connectivity index (χ3v) is 7.75. The Bertz CT molecular complexity index is 1490. The summed E-state index contributed by atoms with van der Waals surface area (Å²) in [6, 6.07) is 19.7. The molecule has 6 rings (SSSR count). The standard InChI is InChI=1S/C31H31FN4O3/c1-39-24-9-7-22(8-10-24)36-19-34-28-17-33-29(31(38)30(28)36)26-11-6-20(16-27(26)32)25-5-3-2-4-21(25)18-35-14-12-23(37)13-15-35/h2-11,16,19,23,29,33,37H,12-15,17-18H2,1H3. The van der Waals surface area contributed by atoms with Gasteiger partial charge in [0.2, 0.25) is 5.78 Å². The van der Waals surface area contributed by atoms with Crippen molar-refractivity contribution in [1.29, 1.82) is 0 Å². The minimum atomic E-state index is -0.810. The average Bonchev–Trinajstić information content (AvgIpc) is 3.40. The van der Waals surface area contributed by atoms with Crippen molar-refractivity contribution in [2.24, 2.45) is 0 Å². The number of rotatable bonds is 6. The summed E-state index contributed by atoms with van der Waals surface area (Å²) in [7, 11) is 1.60. The first-order valence-electron chi connectivity index (χ1n) is 13.3. The predicted octanol–water partition coefficient (Wildman–Crippen LogP) is 4.67. The number of fused-ring (bicyclic) bond motifs is 1. The average molecular weight is 527 g/mol. The van der Waals surface area contributed by atoms with Crippen LogP contribution < -0.4 is 10.1 Å². The molecule has 3 heterocycles. The van der Waals surface area contributed by atoms with E-state index in [2.05, 4.69) is 21.3 Å². The van der Waals surface area contributed by atoms with Crippen LogP contribution in [0.4, 0.5) is 4.39 Å². The minimum Gasteiger partial charge on any atom is -0.497 e. The maximum atomic E-state index is 15.7. The van der Waals surface area contributed by atoms with E-state index in [1.165, 1.54) is 6.07 Å².